The standard InChI is InChI=1S/C16H26O4S.Na/c1-2-3-4-5-6-7-8-15-9-11-16(12-10-15)20-13-14-21(17,18)19;/h9-12H,2-8,13-14H2,1H3,(H,17,18,19);/q;+1/p-1. The second kappa shape index (κ2) is 12.4. The van der Waals surface area contributed by atoms with Crippen LogP contribution in [0.3, 0.4) is 0 Å². The van der Waals surface area contributed by atoms with Crippen LogP contribution >= 0.6 is 0 Å². The molecule has 4 nitrogen and oxygen atoms in total. The van der Waals surface area contributed by atoms with Crippen molar-refractivity contribution in [2.24, 2.45) is 0 Å². The van der Waals surface area contributed by atoms with Gasteiger partial charge in [0.05, 0.1) is 15.9 Å². The molecule has 0 aliphatic carbocycles. The molecule has 0 saturated heterocycles. The summed E-state index contributed by atoms with van der Waals surface area (Å²) in [6, 6.07) is 7.63. The molecule has 0 heterocycles. The van der Waals surface area contributed by atoms with Crippen LogP contribution in [0.1, 0.15) is 51.0 Å². The molecule has 0 radical (unpaired) electrons. The van der Waals surface area contributed by atoms with Crippen molar-refractivity contribution in [2.75, 3.05) is 12.4 Å². The second-order valence-corrected chi connectivity index (χ2v) is 6.80. The molecule has 0 fully saturated rings. The molecular weight excluding hydrogens is 311 g/mol. The second-order valence-electron chi connectivity index (χ2n) is 5.27. The van der Waals surface area contributed by atoms with Crippen LogP contribution in [0.4, 0.5) is 0 Å². The van der Waals surface area contributed by atoms with E-state index in [0.29, 0.717) is 5.75 Å². The van der Waals surface area contributed by atoms with Gasteiger partial charge in [0, 0.05) is 0 Å². The van der Waals surface area contributed by atoms with E-state index in [0.717, 1.165) is 6.42 Å². The molecule has 0 N–H and O–H groups in total. The molecular formula is C16H25NaO4S. The molecule has 1 aromatic carbocycles. The first-order valence-electron chi connectivity index (χ1n) is 7.66. The molecule has 0 spiro atoms. The molecule has 0 saturated carbocycles. The number of benzene rings is 1. The molecule has 0 bridgehead atoms. The third-order valence-corrected chi connectivity index (χ3v) is 4.01. The van der Waals surface area contributed by atoms with Crippen LogP contribution in [0.15, 0.2) is 24.3 Å². The Hall–Kier alpha value is -0.0700. The summed E-state index contributed by atoms with van der Waals surface area (Å²) in [4.78, 5) is 0. The monoisotopic (exact) mass is 336 g/mol. The van der Waals surface area contributed by atoms with Crippen LogP contribution < -0.4 is 34.3 Å². The fourth-order valence-corrected chi connectivity index (χ4v) is 2.41. The number of rotatable bonds is 11. The predicted molar refractivity (Wildman–Crippen MR) is 83.6 cm³/mol. The fourth-order valence-electron chi connectivity index (χ4n) is 2.12. The molecule has 6 heteroatoms. The summed E-state index contributed by atoms with van der Waals surface area (Å²) < 4.78 is 36.6. The third kappa shape index (κ3) is 11.5. The average molecular weight is 336 g/mol. The maximum atomic E-state index is 10.5. The first kappa shape index (κ1) is 21.9. The van der Waals surface area contributed by atoms with Crippen molar-refractivity contribution in [2.45, 2.75) is 51.9 Å². The van der Waals surface area contributed by atoms with E-state index in [1.54, 1.807) is 0 Å². The summed E-state index contributed by atoms with van der Waals surface area (Å²) in [6.45, 7) is 2.12. The van der Waals surface area contributed by atoms with Gasteiger partial charge < -0.3 is 9.29 Å². The van der Waals surface area contributed by atoms with E-state index in [2.05, 4.69) is 6.92 Å². The van der Waals surface area contributed by atoms with Gasteiger partial charge in [-0.3, -0.25) is 0 Å². The summed E-state index contributed by atoms with van der Waals surface area (Å²) in [5.74, 6) is 0.109. The average Bonchev–Trinajstić information content (AvgIpc) is 2.43. The molecule has 0 aliphatic rings. The number of unbranched alkanes of at least 4 members (excludes halogenated alkanes) is 5. The minimum absolute atomic E-state index is 0. The molecule has 0 aromatic heterocycles. The smallest absolute Gasteiger partial charge is 0.748 e. The largest absolute Gasteiger partial charge is 1.00 e. The van der Waals surface area contributed by atoms with E-state index in [-0.39, 0.29) is 36.2 Å². The van der Waals surface area contributed by atoms with Gasteiger partial charge >= 0.3 is 29.6 Å². The van der Waals surface area contributed by atoms with E-state index < -0.39 is 15.9 Å². The van der Waals surface area contributed by atoms with Crippen LogP contribution in [0.2, 0.25) is 0 Å². The van der Waals surface area contributed by atoms with Crippen LogP contribution in [0.5, 0.6) is 5.75 Å². The third-order valence-electron chi connectivity index (χ3n) is 3.34. The molecule has 0 atom stereocenters. The molecule has 0 amide bonds. The zero-order chi connectivity index (χ0) is 15.6. The Bertz CT molecular complexity index is 485. The van der Waals surface area contributed by atoms with Gasteiger partial charge in [-0.2, -0.15) is 0 Å². The van der Waals surface area contributed by atoms with Crippen molar-refractivity contribution in [3.63, 3.8) is 0 Å². The van der Waals surface area contributed by atoms with Gasteiger partial charge in [0.1, 0.15) is 12.4 Å². The molecule has 0 unspecified atom stereocenters. The minimum Gasteiger partial charge on any atom is -0.748 e. The Morgan fingerprint density at radius 2 is 1.59 bits per heavy atom. The fraction of sp³-hybridized carbons (Fsp3) is 0.625. The summed E-state index contributed by atoms with van der Waals surface area (Å²) >= 11 is 0. The van der Waals surface area contributed by atoms with Gasteiger partial charge in [0.2, 0.25) is 0 Å². The Kier molecular flexibility index (Phi) is 12.3. The van der Waals surface area contributed by atoms with Gasteiger partial charge in [-0.05, 0) is 30.5 Å². The Morgan fingerprint density at radius 3 is 2.18 bits per heavy atom. The van der Waals surface area contributed by atoms with Gasteiger partial charge in [-0.15, -0.1) is 0 Å². The Balaban J connectivity index is 0.00000441. The number of hydrogen-bond donors (Lipinski definition) is 0. The van der Waals surface area contributed by atoms with Crippen molar-refractivity contribution in [3.8, 4) is 5.75 Å². The summed E-state index contributed by atoms with van der Waals surface area (Å²) in [5, 5.41) is 0. The molecule has 120 valence electrons. The summed E-state index contributed by atoms with van der Waals surface area (Å²) in [6.07, 6.45) is 8.74. The van der Waals surface area contributed by atoms with Crippen molar-refractivity contribution >= 4 is 10.1 Å². The first-order valence-corrected chi connectivity index (χ1v) is 9.24. The summed E-state index contributed by atoms with van der Waals surface area (Å²) in [7, 11) is -4.20. The Labute approximate surface area is 156 Å². The van der Waals surface area contributed by atoms with Gasteiger partial charge in [-0.25, -0.2) is 8.42 Å². The molecule has 1 aromatic rings. The van der Waals surface area contributed by atoms with E-state index >= 15 is 0 Å². The van der Waals surface area contributed by atoms with E-state index in [9.17, 15) is 13.0 Å². The normalized spacial score (nSPS) is 11.0. The van der Waals surface area contributed by atoms with E-state index in [1.165, 1.54) is 44.1 Å². The number of hydrogen-bond acceptors (Lipinski definition) is 4. The predicted octanol–water partition coefficient (Wildman–Crippen LogP) is 0.518. The van der Waals surface area contributed by atoms with Gasteiger partial charge in [-0.1, -0.05) is 51.2 Å². The minimum atomic E-state index is -4.20. The maximum absolute atomic E-state index is 10.5. The summed E-state index contributed by atoms with van der Waals surface area (Å²) in [5.41, 5.74) is 1.26. The van der Waals surface area contributed by atoms with E-state index in [1.807, 2.05) is 24.3 Å². The zero-order valence-electron chi connectivity index (χ0n) is 13.7. The molecule has 1 rings (SSSR count). The van der Waals surface area contributed by atoms with Gasteiger partial charge in [0.15, 0.2) is 0 Å². The van der Waals surface area contributed by atoms with Crippen LogP contribution in [-0.4, -0.2) is 25.3 Å². The molecule has 22 heavy (non-hydrogen) atoms. The number of aryl methyl sites for hydroxylation is 1. The van der Waals surface area contributed by atoms with Crippen molar-refractivity contribution in [3.05, 3.63) is 29.8 Å². The van der Waals surface area contributed by atoms with E-state index in [4.69, 9.17) is 4.74 Å². The quantitative estimate of drug-likeness (QED) is 0.336. The van der Waals surface area contributed by atoms with Crippen LogP contribution in [0, 0.1) is 0 Å². The number of ether oxygens (including phenoxy) is 1. The van der Waals surface area contributed by atoms with Crippen molar-refractivity contribution in [1.82, 2.24) is 0 Å². The SMILES string of the molecule is CCCCCCCCc1ccc(OCCS(=O)(=O)[O-])cc1.[Na+]. The van der Waals surface area contributed by atoms with Crippen LogP contribution in [-0.2, 0) is 16.5 Å². The zero-order valence-corrected chi connectivity index (χ0v) is 16.5. The van der Waals surface area contributed by atoms with Gasteiger partial charge in [0.25, 0.3) is 0 Å². The van der Waals surface area contributed by atoms with Crippen molar-refractivity contribution in [1.29, 1.82) is 0 Å². The first-order chi connectivity index (χ1) is 10.0. The topological polar surface area (TPSA) is 66.4 Å². The van der Waals surface area contributed by atoms with Crippen LogP contribution in [0.25, 0.3) is 0 Å². The van der Waals surface area contributed by atoms with Crippen molar-refractivity contribution < 1.29 is 47.3 Å². The Morgan fingerprint density at radius 1 is 1.00 bits per heavy atom. The molecule has 0 aliphatic heterocycles. The maximum Gasteiger partial charge on any atom is 1.00 e.